The zero-order chi connectivity index (χ0) is 17.4. The highest BCUT2D eigenvalue weighted by molar-refractivity contribution is 7.90. The minimum absolute atomic E-state index is 0.0609. The van der Waals surface area contributed by atoms with Gasteiger partial charge in [-0.15, -0.1) is 23.2 Å². The molecule has 0 fully saturated rings. The van der Waals surface area contributed by atoms with Crippen molar-refractivity contribution in [3.63, 3.8) is 0 Å². The first-order valence-electron chi connectivity index (χ1n) is 7.06. The normalized spacial score (nSPS) is 27.4. The summed E-state index contributed by atoms with van der Waals surface area (Å²) in [6.07, 6.45) is 1.31. The summed E-state index contributed by atoms with van der Waals surface area (Å²) in [5, 5.41) is -1.03. The summed E-state index contributed by atoms with van der Waals surface area (Å²) in [5.74, 6) is -0.615. The molecular formula is C16H17Cl2NO3S. The van der Waals surface area contributed by atoms with Crippen molar-refractivity contribution in [2.45, 2.75) is 35.9 Å². The lowest BCUT2D eigenvalue weighted by Gasteiger charge is -2.36. The van der Waals surface area contributed by atoms with Crippen LogP contribution in [-0.2, 0) is 14.8 Å². The maximum absolute atomic E-state index is 12.5. The molecule has 1 aliphatic carbocycles. The average Bonchev–Trinajstić information content (AvgIpc) is 2.50. The Labute approximate surface area is 146 Å². The van der Waals surface area contributed by atoms with Crippen LogP contribution in [0, 0.1) is 5.92 Å². The largest absolute Gasteiger partial charge is 0.293 e. The van der Waals surface area contributed by atoms with E-state index in [2.05, 4.69) is 4.40 Å². The summed E-state index contributed by atoms with van der Waals surface area (Å²) in [5.41, 5.74) is 0.519. The molecule has 0 radical (unpaired) electrons. The van der Waals surface area contributed by atoms with Gasteiger partial charge in [-0.05, 0) is 36.6 Å². The molecule has 0 amide bonds. The second kappa shape index (κ2) is 6.38. The quantitative estimate of drug-likeness (QED) is 0.760. The van der Waals surface area contributed by atoms with E-state index < -0.39 is 20.3 Å². The maximum atomic E-state index is 12.5. The van der Waals surface area contributed by atoms with Crippen molar-refractivity contribution < 1.29 is 13.2 Å². The van der Waals surface area contributed by atoms with Crippen LogP contribution in [0.2, 0.25) is 0 Å². The van der Waals surface area contributed by atoms with Gasteiger partial charge in [0.2, 0.25) is 0 Å². The highest BCUT2D eigenvalue weighted by atomic mass is 35.5. The molecule has 2 rings (SSSR count). The van der Waals surface area contributed by atoms with Crippen LogP contribution >= 0.6 is 23.2 Å². The summed E-state index contributed by atoms with van der Waals surface area (Å²) in [6, 6.07) is 7.83. The molecule has 7 heteroatoms. The standard InChI is InChI=1S/C16H17Cl2NO3S/c1-10(2)16(18)13(20)9-11(3)14(15(16)17)19-23(21,22)12-7-5-4-6-8-12/h4-10,15H,1-3H3/b19-14+. The fraction of sp³-hybridized carbons (Fsp3) is 0.375. The molecular weight excluding hydrogens is 357 g/mol. The van der Waals surface area contributed by atoms with E-state index in [0.717, 1.165) is 0 Å². The minimum atomic E-state index is -3.93. The summed E-state index contributed by atoms with van der Waals surface area (Å²) in [4.78, 5) is 10.9. The highest BCUT2D eigenvalue weighted by Crippen LogP contribution is 2.39. The number of hydrogen-bond donors (Lipinski definition) is 0. The minimum Gasteiger partial charge on any atom is -0.293 e. The van der Waals surface area contributed by atoms with E-state index >= 15 is 0 Å². The van der Waals surface area contributed by atoms with Gasteiger partial charge in [0.05, 0.1) is 10.6 Å². The van der Waals surface area contributed by atoms with Crippen LogP contribution in [0.5, 0.6) is 0 Å². The Morgan fingerprint density at radius 3 is 2.30 bits per heavy atom. The first kappa shape index (κ1) is 18.2. The summed E-state index contributed by atoms with van der Waals surface area (Å²) in [7, 11) is -3.93. The number of rotatable bonds is 3. The van der Waals surface area contributed by atoms with E-state index in [1.807, 2.05) is 0 Å². The Hall–Kier alpha value is -1.17. The van der Waals surface area contributed by atoms with Gasteiger partial charge in [-0.3, -0.25) is 4.79 Å². The number of hydrogen-bond acceptors (Lipinski definition) is 3. The second-order valence-electron chi connectivity index (χ2n) is 5.74. The molecule has 0 bridgehead atoms. The molecule has 1 aliphatic rings. The number of ketones is 1. The fourth-order valence-corrected chi connectivity index (χ4v) is 4.29. The zero-order valence-corrected chi connectivity index (χ0v) is 15.3. The van der Waals surface area contributed by atoms with Crippen LogP contribution in [0.3, 0.4) is 0 Å². The van der Waals surface area contributed by atoms with Crippen LogP contribution in [0.25, 0.3) is 0 Å². The van der Waals surface area contributed by atoms with Crippen molar-refractivity contribution in [1.82, 2.24) is 0 Å². The molecule has 2 unspecified atom stereocenters. The predicted octanol–water partition coefficient (Wildman–Crippen LogP) is 3.59. The van der Waals surface area contributed by atoms with Crippen LogP contribution in [-0.4, -0.2) is 30.2 Å². The van der Waals surface area contributed by atoms with E-state index in [1.165, 1.54) is 18.2 Å². The van der Waals surface area contributed by atoms with Crippen LogP contribution in [0.15, 0.2) is 51.3 Å². The molecule has 0 saturated heterocycles. The van der Waals surface area contributed by atoms with Gasteiger partial charge in [-0.1, -0.05) is 32.0 Å². The van der Waals surface area contributed by atoms with Crippen molar-refractivity contribution in [2.24, 2.45) is 10.3 Å². The number of alkyl halides is 2. The molecule has 4 nitrogen and oxygen atoms in total. The van der Waals surface area contributed by atoms with Gasteiger partial charge in [0.15, 0.2) is 5.78 Å². The van der Waals surface area contributed by atoms with Crippen LogP contribution in [0.1, 0.15) is 20.8 Å². The molecule has 0 saturated carbocycles. The summed E-state index contributed by atoms with van der Waals surface area (Å²) < 4.78 is 28.8. The zero-order valence-electron chi connectivity index (χ0n) is 13.0. The molecule has 0 spiro atoms. The van der Waals surface area contributed by atoms with E-state index in [-0.39, 0.29) is 22.3 Å². The number of benzene rings is 1. The van der Waals surface area contributed by atoms with Gasteiger partial charge >= 0.3 is 0 Å². The van der Waals surface area contributed by atoms with Crippen molar-refractivity contribution in [3.05, 3.63) is 42.0 Å². The van der Waals surface area contributed by atoms with Gasteiger partial charge < -0.3 is 0 Å². The van der Waals surface area contributed by atoms with Gasteiger partial charge in [-0.2, -0.15) is 12.8 Å². The van der Waals surface area contributed by atoms with E-state index in [9.17, 15) is 13.2 Å². The molecule has 2 atom stereocenters. The Morgan fingerprint density at radius 1 is 1.22 bits per heavy atom. The Kier molecular flexibility index (Phi) is 5.04. The Morgan fingerprint density at radius 2 is 1.78 bits per heavy atom. The molecule has 0 aromatic heterocycles. The van der Waals surface area contributed by atoms with E-state index in [0.29, 0.717) is 5.57 Å². The lowest BCUT2D eigenvalue weighted by Crippen LogP contribution is -2.52. The van der Waals surface area contributed by atoms with Crippen LogP contribution in [0.4, 0.5) is 0 Å². The molecule has 1 aromatic carbocycles. The molecule has 0 aliphatic heterocycles. The topological polar surface area (TPSA) is 63.6 Å². The molecule has 23 heavy (non-hydrogen) atoms. The molecule has 0 N–H and O–H groups in total. The first-order valence-corrected chi connectivity index (χ1v) is 9.32. The van der Waals surface area contributed by atoms with Gasteiger partial charge in [0, 0.05) is 0 Å². The lowest BCUT2D eigenvalue weighted by atomic mass is 9.79. The number of allylic oxidation sites excluding steroid dienone is 2. The number of nitrogens with zero attached hydrogens (tertiary/aromatic N) is 1. The van der Waals surface area contributed by atoms with E-state index in [1.54, 1.807) is 39.0 Å². The van der Waals surface area contributed by atoms with Crippen molar-refractivity contribution in [1.29, 1.82) is 0 Å². The fourth-order valence-electron chi connectivity index (χ4n) is 2.38. The van der Waals surface area contributed by atoms with Crippen molar-refractivity contribution in [3.8, 4) is 0 Å². The molecule has 1 aromatic rings. The number of carbonyl (C=O) groups is 1. The van der Waals surface area contributed by atoms with Crippen molar-refractivity contribution in [2.75, 3.05) is 0 Å². The molecule has 124 valence electrons. The lowest BCUT2D eigenvalue weighted by molar-refractivity contribution is -0.118. The van der Waals surface area contributed by atoms with Gasteiger partial charge in [-0.25, -0.2) is 0 Å². The van der Waals surface area contributed by atoms with Crippen LogP contribution < -0.4 is 0 Å². The third kappa shape index (κ3) is 3.23. The third-order valence-corrected chi connectivity index (χ3v) is 6.65. The smallest absolute Gasteiger partial charge is 0.282 e. The summed E-state index contributed by atoms with van der Waals surface area (Å²) in [6.45, 7) is 5.12. The maximum Gasteiger partial charge on any atom is 0.282 e. The number of sulfonamides is 1. The predicted molar refractivity (Wildman–Crippen MR) is 92.9 cm³/mol. The Bertz CT molecular complexity index is 785. The SMILES string of the molecule is CC1=CC(=O)C(Cl)(C(C)C)C(Cl)/C1=N/S(=O)(=O)c1ccccc1. The highest BCUT2D eigenvalue weighted by Gasteiger charge is 2.50. The van der Waals surface area contributed by atoms with Gasteiger partial charge in [0.1, 0.15) is 10.3 Å². The van der Waals surface area contributed by atoms with Gasteiger partial charge in [0.25, 0.3) is 10.0 Å². The second-order valence-corrected chi connectivity index (χ2v) is 8.41. The number of carbonyl (C=O) groups excluding carboxylic acids is 1. The summed E-state index contributed by atoms with van der Waals surface area (Å²) >= 11 is 12.8. The third-order valence-electron chi connectivity index (χ3n) is 3.84. The average molecular weight is 374 g/mol. The molecule has 0 heterocycles. The van der Waals surface area contributed by atoms with E-state index in [4.69, 9.17) is 23.2 Å². The van der Waals surface area contributed by atoms with Crippen molar-refractivity contribution >= 4 is 44.7 Å². The number of halogens is 2. The Balaban J connectivity index is 2.58. The first-order chi connectivity index (χ1) is 10.6. The monoisotopic (exact) mass is 373 g/mol.